The zero-order valence-corrected chi connectivity index (χ0v) is 13.6. The Morgan fingerprint density at radius 3 is 2.35 bits per heavy atom. The van der Waals surface area contributed by atoms with Crippen molar-refractivity contribution in [3.05, 3.63) is 42.4 Å². The van der Waals surface area contributed by atoms with Gasteiger partial charge in [0.2, 0.25) is 0 Å². The van der Waals surface area contributed by atoms with E-state index in [1.807, 2.05) is 0 Å². The summed E-state index contributed by atoms with van der Waals surface area (Å²) in [5.74, 6) is -0.107. The molecule has 2 heterocycles. The van der Waals surface area contributed by atoms with Crippen molar-refractivity contribution in [3.63, 3.8) is 0 Å². The van der Waals surface area contributed by atoms with Gasteiger partial charge in [-0.25, -0.2) is 13.4 Å². The normalized spacial score (nSPS) is 14.9. The molecule has 1 amide bonds. The number of nitrogens with zero attached hydrogens (tertiary/aromatic N) is 3. The van der Waals surface area contributed by atoms with Crippen molar-refractivity contribution in [1.82, 2.24) is 14.9 Å². The third-order valence-electron chi connectivity index (χ3n) is 3.83. The van der Waals surface area contributed by atoms with Crippen LogP contribution in [0.3, 0.4) is 0 Å². The van der Waals surface area contributed by atoms with Crippen LogP contribution in [0.1, 0.15) is 23.3 Å². The molecule has 1 fully saturated rings. The summed E-state index contributed by atoms with van der Waals surface area (Å²) in [6.45, 7) is 1.52. The minimum Gasteiger partial charge on any atom is -0.337 e. The van der Waals surface area contributed by atoms with E-state index in [-0.39, 0.29) is 10.8 Å². The fourth-order valence-electron chi connectivity index (χ4n) is 2.56. The molecule has 23 heavy (non-hydrogen) atoms. The van der Waals surface area contributed by atoms with Crippen LogP contribution in [0.15, 0.2) is 41.6 Å². The van der Waals surface area contributed by atoms with E-state index in [2.05, 4.69) is 9.97 Å². The Labute approximate surface area is 135 Å². The van der Waals surface area contributed by atoms with E-state index < -0.39 is 9.84 Å². The van der Waals surface area contributed by atoms with Gasteiger partial charge in [-0.3, -0.25) is 9.78 Å². The Kier molecular flexibility index (Phi) is 4.12. The van der Waals surface area contributed by atoms with Gasteiger partial charge in [0.05, 0.1) is 23.0 Å². The third-order valence-corrected chi connectivity index (χ3v) is 4.95. The molecule has 6 nitrogen and oxygen atoms in total. The summed E-state index contributed by atoms with van der Waals surface area (Å²) in [6.07, 6.45) is 6.24. The van der Waals surface area contributed by atoms with E-state index in [4.69, 9.17) is 0 Å². The van der Waals surface area contributed by atoms with Gasteiger partial charge < -0.3 is 4.90 Å². The predicted octanol–water partition coefficient (Wildman–Crippen LogP) is 1.78. The van der Waals surface area contributed by atoms with Crippen LogP contribution in [0.2, 0.25) is 0 Å². The maximum Gasteiger partial charge on any atom is 0.274 e. The molecule has 0 atom stereocenters. The Bertz CT molecular complexity index is 826. The number of benzene rings is 1. The molecule has 0 radical (unpaired) electrons. The van der Waals surface area contributed by atoms with Crippen LogP contribution in [0.25, 0.3) is 11.3 Å². The average molecular weight is 331 g/mol. The highest BCUT2D eigenvalue weighted by molar-refractivity contribution is 7.90. The fraction of sp³-hybridized carbons (Fsp3) is 0.312. The Morgan fingerprint density at radius 2 is 1.74 bits per heavy atom. The Hall–Kier alpha value is -2.28. The van der Waals surface area contributed by atoms with Crippen molar-refractivity contribution in [3.8, 4) is 11.3 Å². The molecule has 120 valence electrons. The largest absolute Gasteiger partial charge is 0.337 e. The monoisotopic (exact) mass is 331 g/mol. The average Bonchev–Trinajstić information content (AvgIpc) is 3.08. The molecule has 1 aliphatic rings. The first-order chi connectivity index (χ1) is 10.9. The smallest absolute Gasteiger partial charge is 0.274 e. The van der Waals surface area contributed by atoms with E-state index in [1.165, 1.54) is 18.3 Å². The van der Waals surface area contributed by atoms with E-state index in [1.54, 1.807) is 23.2 Å². The van der Waals surface area contributed by atoms with Gasteiger partial charge in [-0.05, 0) is 25.0 Å². The van der Waals surface area contributed by atoms with Crippen molar-refractivity contribution in [2.45, 2.75) is 17.7 Å². The Morgan fingerprint density at radius 1 is 1.09 bits per heavy atom. The third kappa shape index (κ3) is 3.39. The number of carbonyl (C=O) groups is 1. The number of carbonyl (C=O) groups excluding carboxylic acids is 1. The summed E-state index contributed by atoms with van der Waals surface area (Å²) in [7, 11) is -3.23. The van der Waals surface area contributed by atoms with Gasteiger partial charge in [-0.15, -0.1) is 0 Å². The number of likely N-dealkylation sites (tertiary alicyclic amines) is 1. The summed E-state index contributed by atoms with van der Waals surface area (Å²) in [5.41, 5.74) is 1.59. The first kappa shape index (κ1) is 15.6. The summed E-state index contributed by atoms with van der Waals surface area (Å²) in [6, 6.07) is 6.40. The first-order valence-corrected chi connectivity index (χ1v) is 9.26. The molecule has 1 saturated heterocycles. The van der Waals surface area contributed by atoms with Gasteiger partial charge in [0.15, 0.2) is 9.84 Å². The molecule has 0 spiro atoms. The number of amides is 1. The number of aromatic nitrogens is 2. The standard InChI is InChI=1S/C16H17N3O3S/c1-23(21,22)13-6-4-12(5-7-13)14-10-17-11-15(18-14)16(20)19-8-2-3-9-19/h4-7,10-11H,2-3,8-9H2,1H3. The van der Waals surface area contributed by atoms with Crippen LogP contribution in [-0.4, -0.2) is 48.5 Å². The van der Waals surface area contributed by atoms with Gasteiger partial charge in [0, 0.05) is 24.9 Å². The van der Waals surface area contributed by atoms with Gasteiger partial charge in [0.25, 0.3) is 5.91 Å². The summed E-state index contributed by atoms with van der Waals surface area (Å²) >= 11 is 0. The van der Waals surface area contributed by atoms with Crippen LogP contribution in [0.4, 0.5) is 0 Å². The first-order valence-electron chi connectivity index (χ1n) is 7.37. The second-order valence-corrected chi connectivity index (χ2v) is 7.60. The van der Waals surface area contributed by atoms with Gasteiger partial charge in [-0.2, -0.15) is 0 Å². The van der Waals surface area contributed by atoms with Crippen LogP contribution >= 0.6 is 0 Å². The molecular weight excluding hydrogens is 314 g/mol. The van der Waals surface area contributed by atoms with Crippen LogP contribution < -0.4 is 0 Å². The van der Waals surface area contributed by atoms with Crippen molar-refractivity contribution in [2.75, 3.05) is 19.3 Å². The van der Waals surface area contributed by atoms with Crippen molar-refractivity contribution in [2.24, 2.45) is 0 Å². The predicted molar refractivity (Wildman–Crippen MR) is 85.7 cm³/mol. The van der Waals surface area contributed by atoms with Crippen LogP contribution in [-0.2, 0) is 9.84 Å². The maximum atomic E-state index is 12.4. The molecule has 0 bridgehead atoms. The van der Waals surface area contributed by atoms with Crippen molar-refractivity contribution in [1.29, 1.82) is 0 Å². The minimum atomic E-state index is -3.23. The lowest BCUT2D eigenvalue weighted by molar-refractivity contribution is 0.0786. The molecule has 3 rings (SSSR count). The number of rotatable bonds is 3. The summed E-state index contributed by atoms with van der Waals surface area (Å²) in [4.78, 5) is 22.9. The molecule has 0 saturated carbocycles. The molecule has 1 aromatic heterocycles. The zero-order chi connectivity index (χ0) is 16.4. The molecule has 0 aliphatic carbocycles. The number of hydrogen-bond donors (Lipinski definition) is 0. The lowest BCUT2D eigenvalue weighted by atomic mass is 10.1. The summed E-state index contributed by atoms with van der Waals surface area (Å²) in [5, 5.41) is 0. The van der Waals surface area contributed by atoms with Gasteiger partial charge >= 0.3 is 0 Å². The Balaban J connectivity index is 1.89. The lowest BCUT2D eigenvalue weighted by Gasteiger charge is -2.14. The maximum absolute atomic E-state index is 12.4. The fourth-order valence-corrected chi connectivity index (χ4v) is 3.19. The van der Waals surface area contributed by atoms with E-state index in [9.17, 15) is 13.2 Å². The topological polar surface area (TPSA) is 80.2 Å². The molecule has 1 aromatic carbocycles. The highest BCUT2D eigenvalue weighted by Crippen LogP contribution is 2.20. The van der Waals surface area contributed by atoms with E-state index in [0.29, 0.717) is 11.4 Å². The van der Waals surface area contributed by atoms with Crippen LogP contribution in [0, 0.1) is 0 Å². The summed E-state index contributed by atoms with van der Waals surface area (Å²) < 4.78 is 23.0. The highest BCUT2D eigenvalue weighted by Gasteiger charge is 2.21. The molecular formula is C16H17N3O3S. The SMILES string of the molecule is CS(=O)(=O)c1ccc(-c2cncc(C(=O)N3CCCC3)n2)cc1. The quantitative estimate of drug-likeness (QED) is 0.856. The number of sulfone groups is 1. The molecule has 2 aromatic rings. The van der Waals surface area contributed by atoms with Gasteiger partial charge in [-0.1, -0.05) is 12.1 Å². The molecule has 7 heteroatoms. The van der Waals surface area contributed by atoms with E-state index in [0.717, 1.165) is 37.8 Å². The molecule has 0 N–H and O–H groups in total. The lowest BCUT2D eigenvalue weighted by Crippen LogP contribution is -2.28. The molecule has 0 unspecified atom stereocenters. The van der Waals surface area contributed by atoms with Crippen LogP contribution in [0.5, 0.6) is 0 Å². The number of hydrogen-bond acceptors (Lipinski definition) is 5. The molecule has 1 aliphatic heterocycles. The van der Waals surface area contributed by atoms with Crippen molar-refractivity contribution < 1.29 is 13.2 Å². The zero-order valence-electron chi connectivity index (χ0n) is 12.8. The van der Waals surface area contributed by atoms with Gasteiger partial charge in [0.1, 0.15) is 5.69 Å². The van der Waals surface area contributed by atoms with Crippen molar-refractivity contribution >= 4 is 15.7 Å². The highest BCUT2D eigenvalue weighted by atomic mass is 32.2. The van der Waals surface area contributed by atoms with E-state index >= 15 is 0 Å². The second kappa shape index (κ2) is 6.08. The second-order valence-electron chi connectivity index (χ2n) is 5.59. The minimum absolute atomic E-state index is 0.107.